The van der Waals surface area contributed by atoms with Gasteiger partial charge in [0.15, 0.2) is 11.5 Å². The fourth-order valence-corrected chi connectivity index (χ4v) is 7.94. The fraction of sp³-hybridized carbons (Fsp3) is 0.640. The average Bonchev–Trinajstić information content (AvgIpc) is 3.25. The first kappa shape index (κ1) is 20.8. The van der Waals surface area contributed by atoms with E-state index in [0.29, 0.717) is 5.92 Å². The van der Waals surface area contributed by atoms with Gasteiger partial charge in [-0.1, -0.05) is 12.1 Å². The van der Waals surface area contributed by atoms with Gasteiger partial charge in [-0.15, -0.1) is 0 Å². The largest absolute Gasteiger partial charge is 0.480 e. The van der Waals surface area contributed by atoms with Crippen LogP contribution in [-0.4, -0.2) is 47.2 Å². The van der Waals surface area contributed by atoms with Crippen LogP contribution in [0.5, 0.6) is 11.5 Å². The second kappa shape index (κ2) is 6.87. The molecule has 0 spiro atoms. The standard InChI is InChI=1S/C25H30N2O6/c1-24(2)21(16-4-3-5-17-20(16)33-12-32-17)27(23(24)31)19-14-6-13-7-15(19)10-25(8-13,9-14)22(30)26-11-18(28)29/h3-5,13-15,19,21H,6-12H2,1-2H3,(H,26,30)(H,28,29)/t13?,14?,15?,19-,21?,25-. The molecule has 4 saturated carbocycles. The molecular weight excluding hydrogens is 424 g/mol. The molecule has 1 aromatic carbocycles. The first-order valence-electron chi connectivity index (χ1n) is 11.9. The minimum absolute atomic E-state index is 0.0963. The predicted octanol–water partition coefficient (Wildman–Crippen LogP) is 2.72. The number of amides is 2. The number of likely N-dealkylation sites (tertiary alicyclic amines) is 1. The number of hydrogen-bond donors (Lipinski definition) is 2. The van der Waals surface area contributed by atoms with Crippen LogP contribution in [0.3, 0.4) is 0 Å². The van der Waals surface area contributed by atoms with Crippen LogP contribution >= 0.6 is 0 Å². The molecule has 2 N–H and O–H groups in total. The third-order valence-electron chi connectivity index (χ3n) is 8.90. The molecule has 2 aliphatic heterocycles. The van der Waals surface area contributed by atoms with Gasteiger partial charge in [-0.05, 0) is 69.8 Å². The number of aliphatic carboxylic acids is 1. The molecule has 8 heteroatoms. The number of nitrogens with zero attached hydrogens (tertiary/aromatic N) is 1. The smallest absolute Gasteiger partial charge is 0.322 e. The van der Waals surface area contributed by atoms with Crippen LogP contribution in [0.2, 0.25) is 0 Å². The summed E-state index contributed by atoms with van der Waals surface area (Å²) in [5, 5.41) is 11.6. The van der Waals surface area contributed by atoms with Crippen LogP contribution < -0.4 is 14.8 Å². The molecule has 2 heterocycles. The lowest BCUT2D eigenvalue weighted by Gasteiger charge is -2.66. The van der Waals surface area contributed by atoms with Gasteiger partial charge in [0, 0.05) is 11.6 Å². The van der Waals surface area contributed by atoms with Gasteiger partial charge in [0.25, 0.3) is 0 Å². The highest BCUT2D eigenvalue weighted by Gasteiger charge is 2.66. The van der Waals surface area contributed by atoms with Crippen molar-refractivity contribution in [3.05, 3.63) is 23.8 Å². The topological polar surface area (TPSA) is 105 Å². The Morgan fingerprint density at radius 3 is 2.58 bits per heavy atom. The van der Waals surface area contributed by atoms with Crippen molar-refractivity contribution in [2.45, 2.75) is 58.0 Å². The molecule has 8 nitrogen and oxygen atoms in total. The van der Waals surface area contributed by atoms with Crippen LogP contribution in [-0.2, 0) is 14.4 Å². The highest BCUT2D eigenvalue weighted by Crippen LogP contribution is 2.65. The first-order valence-corrected chi connectivity index (χ1v) is 11.9. The summed E-state index contributed by atoms with van der Waals surface area (Å²) in [6.45, 7) is 3.86. The van der Waals surface area contributed by atoms with Gasteiger partial charge in [-0.25, -0.2) is 0 Å². The number of benzene rings is 1. The highest BCUT2D eigenvalue weighted by molar-refractivity contribution is 5.91. The van der Waals surface area contributed by atoms with Crippen molar-refractivity contribution in [1.29, 1.82) is 0 Å². The van der Waals surface area contributed by atoms with Gasteiger partial charge in [-0.2, -0.15) is 0 Å². The zero-order valence-electron chi connectivity index (χ0n) is 19.0. The summed E-state index contributed by atoms with van der Waals surface area (Å²) in [5.41, 5.74) is -0.0316. The van der Waals surface area contributed by atoms with Crippen molar-refractivity contribution in [3.63, 3.8) is 0 Å². The number of carbonyl (C=O) groups is 3. The Morgan fingerprint density at radius 1 is 1.15 bits per heavy atom. The number of carboxylic acids is 1. The third kappa shape index (κ3) is 2.85. The van der Waals surface area contributed by atoms with Crippen molar-refractivity contribution in [3.8, 4) is 11.5 Å². The van der Waals surface area contributed by atoms with Gasteiger partial charge < -0.3 is 24.8 Å². The van der Waals surface area contributed by atoms with E-state index in [2.05, 4.69) is 10.2 Å². The Morgan fingerprint density at radius 2 is 1.88 bits per heavy atom. The summed E-state index contributed by atoms with van der Waals surface area (Å²) >= 11 is 0. The third-order valence-corrected chi connectivity index (χ3v) is 8.90. The molecule has 6 aliphatic rings. The predicted molar refractivity (Wildman–Crippen MR) is 116 cm³/mol. The molecule has 4 bridgehead atoms. The van der Waals surface area contributed by atoms with Crippen molar-refractivity contribution in [2.75, 3.05) is 13.3 Å². The molecule has 0 radical (unpaired) electrons. The SMILES string of the molecule is CC1(C)C(=O)N([C@H]2C3CC4CC2C[C@](C(=O)NCC(=O)O)(C4)C3)C1c1cccc2c1OCO2. The first-order chi connectivity index (χ1) is 15.7. The maximum absolute atomic E-state index is 13.5. The second-order valence-corrected chi connectivity index (χ2v) is 11.2. The van der Waals surface area contributed by atoms with Crippen LogP contribution in [0.25, 0.3) is 0 Å². The van der Waals surface area contributed by atoms with E-state index in [-0.39, 0.29) is 49.1 Å². The summed E-state index contributed by atoms with van der Waals surface area (Å²) in [5.74, 6) is 1.44. The van der Waals surface area contributed by atoms with E-state index in [9.17, 15) is 14.4 Å². The molecule has 33 heavy (non-hydrogen) atoms. The number of carboxylic acid groups (broad SMARTS) is 1. The number of carbonyl (C=O) groups excluding carboxylic acids is 2. The van der Waals surface area contributed by atoms with E-state index in [0.717, 1.165) is 49.2 Å². The van der Waals surface area contributed by atoms with E-state index < -0.39 is 16.8 Å². The molecule has 2 amide bonds. The number of β-lactam (4-membered cyclic amide) rings is 1. The van der Waals surface area contributed by atoms with Gasteiger partial charge in [0.1, 0.15) is 6.54 Å². The number of para-hydroxylation sites is 1. The molecule has 3 unspecified atom stereocenters. The van der Waals surface area contributed by atoms with Crippen LogP contribution in [0, 0.1) is 28.6 Å². The van der Waals surface area contributed by atoms with Crippen molar-refractivity contribution < 1.29 is 29.0 Å². The highest BCUT2D eigenvalue weighted by atomic mass is 16.7. The number of rotatable bonds is 5. The summed E-state index contributed by atoms with van der Waals surface area (Å²) in [6.07, 6.45) is 4.33. The molecule has 176 valence electrons. The lowest BCUT2D eigenvalue weighted by molar-refractivity contribution is -0.199. The Labute approximate surface area is 192 Å². The van der Waals surface area contributed by atoms with Crippen LogP contribution in [0.4, 0.5) is 0 Å². The Balaban J connectivity index is 1.31. The van der Waals surface area contributed by atoms with Gasteiger partial charge >= 0.3 is 5.97 Å². The number of nitrogens with one attached hydrogen (secondary N) is 1. The van der Waals surface area contributed by atoms with Crippen LogP contribution in [0.15, 0.2) is 18.2 Å². The van der Waals surface area contributed by atoms with E-state index in [1.165, 1.54) is 0 Å². The maximum Gasteiger partial charge on any atom is 0.322 e. The molecule has 1 aromatic rings. The van der Waals surface area contributed by atoms with Gasteiger partial charge in [0.05, 0.1) is 16.9 Å². The van der Waals surface area contributed by atoms with E-state index >= 15 is 0 Å². The van der Waals surface area contributed by atoms with E-state index in [1.54, 1.807) is 0 Å². The Kier molecular flexibility index (Phi) is 4.33. The quantitative estimate of drug-likeness (QED) is 0.663. The zero-order chi connectivity index (χ0) is 23.1. The summed E-state index contributed by atoms with van der Waals surface area (Å²) in [6, 6.07) is 5.90. The monoisotopic (exact) mass is 454 g/mol. The van der Waals surface area contributed by atoms with Gasteiger partial charge in [-0.3, -0.25) is 14.4 Å². The van der Waals surface area contributed by atoms with Crippen LogP contribution in [0.1, 0.15) is 57.6 Å². The summed E-state index contributed by atoms with van der Waals surface area (Å²) < 4.78 is 11.4. The Bertz CT molecular complexity index is 1040. The fourth-order valence-electron chi connectivity index (χ4n) is 7.94. The average molecular weight is 455 g/mol. The molecule has 3 atom stereocenters. The minimum atomic E-state index is -1.02. The second-order valence-electron chi connectivity index (χ2n) is 11.2. The van der Waals surface area contributed by atoms with Crippen molar-refractivity contribution in [1.82, 2.24) is 10.2 Å². The minimum Gasteiger partial charge on any atom is -0.480 e. The van der Waals surface area contributed by atoms with E-state index in [1.807, 2.05) is 32.0 Å². The summed E-state index contributed by atoms with van der Waals surface area (Å²) in [7, 11) is 0. The van der Waals surface area contributed by atoms with Gasteiger partial charge in [0.2, 0.25) is 18.6 Å². The van der Waals surface area contributed by atoms with E-state index in [4.69, 9.17) is 14.6 Å². The molecule has 4 aliphatic carbocycles. The van der Waals surface area contributed by atoms with Crippen molar-refractivity contribution >= 4 is 17.8 Å². The number of ether oxygens (including phenoxy) is 2. The molecular formula is C25H30N2O6. The van der Waals surface area contributed by atoms with Crippen molar-refractivity contribution in [2.24, 2.45) is 28.6 Å². The zero-order valence-corrected chi connectivity index (χ0v) is 19.0. The Hall–Kier alpha value is -2.77. The molecule has 1 saturated heterocycles. The summed E-state index contributed by atoms with van der Waals surface area (Å²) in [4.78, 5) is 39.6. The molecule has 0 aromatic heterocycles. The number of fused-ring (bicyclic) bond motifs is 1. The molecule has 7 rings (SSSR count). The number of hydrogen-bond acceptors (Lipinski definition) is 5. The maximum atomic E-state index is 13.5. The normalized spacial score (nSPS) is 37.1. The lowest BCUT2D eigenvalue weighted by Crippen LogP contribution is -2.71. The molecule has 5 fully saturated rings. The lowest BCUT2D eigenvalue weighted by atomic mass is 9.46.